The van der Waals surface area contributed by atoms with Crippen LogP contribution in [0.3, 0.4) is 0 Å². The number of anilines is 1. The van der Waals surface area contributed by atoms with Gasteiger partial charge in [-0.3, -0.25) is 9.48 Å². The smallest absolute Gasteiger partial charge is 0.262 e. The number of para-hydroxylation sites is 1. The molecule has 154 valence electrons. The lowest BCUT2D eigenvalue weighted by Crippen LogP contribution is -2.20. The zero-order valence-corrected chi connectivity index (χ0v) is 17.4. The molecule has 2 aromatic heterocycles. The SMILES string of the molecule is Cc1cc(C)n(CCc2nc3cc(NC(=O)COc4ccccc4)ccc3n2C)n1. The van der Waals surface area contributed by atoms with Crippen LogP contribution < -0.4 is 10.1 Å². The lowest BCUT2D eigenvalue weighted by atomic mass is 10.2. The van der Waals surface area contributed by atoms with Gasteiger partial charge >= 0.3 is 0 Å². The van der Waals surface area contributed by atoms with Crippen molar-refractivity contribution in [2.75, 3.05) is 11.9 Å². The summed E-state index contributed by atoms with van der Waals surface area (Å²) in [5.41, 5.74) is 4.75. The summed E-state index contributed by atoms with van der Waals surface area (Å²) in [6.45, 7) is 4.79. The van der Waals surface area contributed by atoms with E-state index in [1.807, 2.05) is 67.2 Å². The molecule has 0 spiro atoms. The van der Waals surface area contributed by atoms with Crippen LogP contribution in [0.25, 0.3) is 11.0 Å². The van der Waals surface area contributed by atoms with Gasteiger partial charge in [0.15, 0.2) is 6.61 Å². The maximum absolute atomic E-state index is 12.2. The molecule has 2 aromatic carbocycles. The quantitative estimate of drug-likeness (QED) is 0.511. The van der Waals surface area contributed by atoms with Gasteiger partial charge in [-0.05, 0) is 50.2 Å². The van der Waals surface area contributed by atoms with E-state index in [0.29, 0.717) is 11.4 Å². The molecule has 2 heterocycles. The number of carbonyl (C=O) groups is 1. The number of carbonyl (C=O) groups excluding carboxylic acids is 1. The second kappa shape index (κ2) is 8.41. The third kappa shape index (κ3) is 4.35. The van der Waals surface area contributed by atoms with E-state index in [0.717, 1.165) is 41.2 Å². The summed E-state index contributed by atoms with van der Waals surface area (Å²) in [6.07, 6.45) is 0.778. The van der Waals surface area contributed by atoms with Gasteiger partial charge in [-0.25, -0.2) is 4.98 Å². The van der Waals surface area contributed by atoms with E-state index in [1.54, 1.807) is 0 Å². The highest BCUT2D eigenvalue weighted by molar-refractivity contribution is 5.94. The van der Waals surface area contributed by atoms with Crippen molar-refractivity contribution in [1.29, 1.82) is 0 Å². The Morgan fingerprint density at radius 1 is 1.10 bits per heavy atom. The summed E-state index contributed by atoms with van der Waals surface area (Å²) in [4.78, 5) is 17.0. The fourth-order valence-corrected chi connectivity index (χ4v) is 3.52. The number of fused-ring (bicyclic) bond motifs is 1. The first kappa shape index (κ1) is 19.7. The van der Waals surface area contributed by atoms with Gasteiger partial charge in [0.05, 0.1) is 16.7 Å². The van der Waals surface area contributed by atoms with E-state index in [4.69, 9.17) is 9.72 Å². The molecule has 0 saturated heterocycles. The first-order chi connectivity index (χ1) is 14.5. The van der Waals surface area contributed by atoms with Gasteiger partial charge in [-0.1, -0.05) is 18.2 Å². The zero-order chi connectivity index (χ0) is 21.1. The normalized spacial score (nSPS) is 11.0. The molecule has 7 nitrogen and oxygen atoms in total. The molecule has 30 heavy (non-hydrogen) atoms. The van der Waals surface area contributed by atoms with Crippen LogP contribution in [0, 0.1) is 13.8 Å². The standard InChI is InChI=1S/C23H25N5O2/c1-16-13-17(2)28(26-16)12-11-22-25-20-14-18(9-10-21(20)27(22)3)24-23(29)15-30-19-7-5-4-6-8-19/h4-10,13-14H,11-12,15H2,1-3H3,(H,24,29). The Hall–Kier alpha value is -3.61. The van der Waals surface area contributed by atoms with Gasteiger partial charge in [-0.2, -0.15) is 5.10 Å². The van der Waals surface area contributed by atoms with Gasteiger partial charge in [-0.15, -0.1) is 0 Å². The highest BCUT2D eigenvalue weighted by Gasteiger charge is 2.11. The predicted molar refractivity (Wildman–Crippen MR) is 117 cm³/mol. The summed E-state index contributed by atoms with van der Waals surface area (Å²) in [6, 6.07) is 17.1. The molecule has 0 aliphatic carbocycles. The summed E-state index contributed by atoms with van der Waals surface area (Å²) >= 11 is 0. The van der Waals surface area contributed by atoms with Crippen LogP contribution >= 0.6 is 0 Å². The number of ether oxygens (including phenoxy) is 1. The lowest BCUT2D eigenvalue weighted by Gasteiger charge is -2.07. The van der Waals surface area contributed by atoms with E-state index >= 15 is 0 Å². The monoisotopic (exact) mass is 403 g/mol. The minimum Gasteiger partial charge on any atom is -0.484 e. The number of benzene rings is 2. The Morgan fingerprint density at radius 3 is 2.63 bits per heavy atom. The number of amides is 1. The molecular formula is C23H25N5O2. The number of hydrogen-bond donors (Lipinski definition) is 1. The van der Waals surface area contributed by atoms with E-state index in [1.165, 1.54) is 0 Å². The number of rotatable bonds is 7. The number of aromatic nitrogens is 4. The van der Waals surface area contributed by atoms with Crippen molar-refractivity contribution in [3.05, 3.63) is 71.8 Å². The van der Waals surface area contributed by atoms with Crippen LogP contribution in [-0.4, -0.2) is 31.8 Å². The van der Waals surface area contributed by atoms with Gasteiger partial charge in [0.1, 0.15) is 11.6 Å². The number of imidazole rings is 1. The van der Waals surface area contributed by atoms with Crippen molar-refractivity contribution in [2.24, 2.45) is 7.05 Å². The molecular weight excluding hydrogens is 378 g/mol. The van der Waals surface area contributed by atoms with Gasteiger partial charge in [0.2, 0.25) is 0 Å². The van der Waals surface area contributed by atoms with Crippen LogP contribution in [0.2, 0.25) is 0 Å². The summed E-state index contributed by atoms with van der Waals surface area (Å²) in [7, 11) is 2.01. The summed E-state index contributed by atoms with van der Waals surface area (Å²) < 4.78 is 9.59. The highest BCUT2D eigenvalue weighted by Crippen LogP contribution is 2.20. The predicted octanol–water partition coefficient (Wildman–Crippen LogP) is 3.65. The minimum absolute atomic E-state index is 0.0435. The second-order valence-corrected chi connectivity index (χ2v) is 7.34. The zero-order valence-electron chi connectivity index (χ0n) is 17.4. The Labute approximate surface area is 175 Å². The topological polar surface area (TPSA) is 74.0 Å². The van der Waals surface area contributed by atoms with Crippen molar-refractivity contribution >= 4 is 22.6 Å². The van der Waals surface area contributed by atoms with Crippen LogP contribution in [0.15, 0.2) is 54.6 Å². The fraction of sp³-hybridized carbons (Fsp3) is 0.261. The largest absolute Gasteiger partial charge is 0.484 e. The van der Waals surface area contributed by atoms with Crippen molar-refractivity contribution in [1.82, 2.24) is 19.3 Å². The molecule has 1 N–H and O–H groups in total. The first-order valence-electron chi connectivity index (χ1n) is 9.94. The fourth-order valence-electron chi connectivity index (χ4n) is 3.52. The molecule has 0 saturated carbocycles. The Kier molecular flexibility index (Phi) is 5.52. The Bertz CT molecular complexity index is 1180. The molecule has 0 bridgehead atoms. The van der Waals surface area contributed by atoms with Crippen molar-refractivity contribution in [2.45, 2.75) is 26.8 Å². The summed E-state index contributed by atoms with van der Waals surface area (Å²) in [5, 5.41) is 7.39. The molecule has 4 aromatic rings. The van der Waals surface area contributed by atoms with Crippen molar-refractivity contribution < 1.29 is 9.53 Å². The van der Waals surface area contributed by atoms with Gasteiger partial charge in [0, 0.05) is 31.4 Å². The molecule has 0 unspecified atom stereocenters. The number of aryl methyl sites for hydroxylation is 5. The van der Waals surface area contributed by atoms with E-state index in [-0.39, 0.29) is 12.5 Å². The van der Waals surface area contributed by atoms with Crippen LogP contribution in [0.4, 0.5) is 5.69 Å². The highest BCUT2D eigenvalue weighted by atomic mass is 16.5. The third-order valence-corrected chi connectivity index (χ3v) is 5.02. The molecule has 0 radical (unpaired) electrons. The number of hydrogen-bond acceptors (Lipinski definition) is 4. The van der Waals surface area contributed by atoms with E-state index < -0.39 is 0 Å². The Morgan fingerprint density at radius 2 is 1.90 bits per heavy atom. The number of nitrogens with zero attached hydrogens (tertiary/aromatic N) is 4. The van der Waals surface area contributed by atoms with E-state index in [2.05, 4.69) is 28.0 Å². The third-order valence-electron chi connectivity index (χ3n) is 5.02. The van der Waals surface area contributed by atoms with Crippen LogP contribution in [-0.2, 0) is 24.8 Å². The van der Waals surface area contributed by atoms with Crippen molar-refractivity contribution in [3.8, 4) is 5.75 Å². The minimum atomic E-state index is -0.209. The molecule has 0 fully saturated rings. The lowest BCUT2D eigenvalue weighted by molar-refractivity contribution is -0.118. The molecule has 0 aliphatic rings. The first-order valence-corrected chi connectivity index (χ1v) is 9.94. The second-order valence-electron chi connectivity index (χ2n) is 7.34. The molecule has 1 amide bonds. The maximum Gasteiger partial charge on any atom is 0.262 e. The molecule has 7 heteroatoms. The van der Waals surface area contributed by atoms with Crippen LogP contribution in [0.5, 0.6) is 5.75 Å². The summed E-state index contributed by atoms with van der Waals surface area (Å²) in [5.74, 6) is 1.44. The number of nitrogens with one attached hydrogen (secondary N) is 1. The molecule has 0 atom stereocenters. The maximum atomic E-state index is 12.2. The average molecular weight is 403 g/mol. The van der Waals surface area contributed by atoms with Gasteiger partial charge in [0.25, 0.3) is 5.91 Å². The van der Waals surface area contributed by atoms with Gasteiger partial charge < -0.3 is 14.6 Å². The Balaban J connectivity index is 1.42. The molecule has 4 rings (SSSR count). The van der Waals surface area contributed by atoms with Crippen LogP contribution in [0.1, 0.15) is 17.2 Å². The average Bonchev–Trinajstić information content (AvgIpc) is 3.23. The van der Waals surface area contributed by atoms with Crippen molar-refractivity contribution in [3.63, 3.8) is 0 Å². The molecule has 0 aliphatic heterocycles. The van der Waals surface area contributed by atoms with E-state index in [9.17, 15) is 4.79 Å².